The topological polar surface area (TPSA) is 85.6 Å². The first kappa shape index (κ1) is 24.3. The first-order valence-electron chi connectivity index (χ1n) is 10.6. The van der Waals surface area contributed by atoms with Crippen LogP contribution in [0.15, 0.2) is 4.99 Å². The number of hydrogen-bond acceptors (Lipinski definition) is 5. The van der Waals surface area contributed by atoms with Gasteiger partial charge in [-0.25, -0.2) is 9.67 Å². The summed E-state index contributed by atoms with van der Waals surface area (Å²) in [6.45, 7) is 5.94. The maximum absolute atomic E-state index is 5.63. The molecule has 0 aromatic carbocycles. The van der Waals surface area contributed by atoms with Gasteiger partial charge in [-0.15, -0.1) is 24.0 Å². The van der Waals surface area contributed by atoms with Crippen molar-refractivity contribution in [2.45, 2.75) is 71.1 Å². The van der Waals surface area contributed by atoms with Crippen molar-refractivity contribution in [2.24, 2.45) is 10.4 Å². The molecule has 3 rings (SSSR count). The number of guanidine groups is 1. The van der Waals surface area contributed by atoms with Crippen molar-refractivity contribution in [1.82, 2.24) is 25.4 Å². The molecule has 166 valence electrons. The van der Waals surface area contributed by atoms with Crippen molar-refractivity contribution >= 4 is 29.9 Å². The third-order valence-corrected chi connectivity index (χ3v) is 6.02. The lowest BCUT2D eigenvalue weighted by atomic mass is 9.83. The predicted octanol–water partition coefficient (Wildman–Crippen LogP) is 2.51. The molecule has 2 N–H and O–H groups in total. The molecule has 29 heavy (non-hydrogen) atoms. The Morgan fingerprint density at radius 1 is 1.34 bits per heavy atom. The second kappa shape index (κ2) is 12.0. The van der Waals surface area contributed by atoms with E-state index in [1.165, 1.54) is 25.7 Å². The summed E-state index contributed by atoms with van der Waals surface area (Å²) in [6.07, 6.45) is 8.27. The van der Waals surface area contributed by atoms with Gasteiger partial charge in [0.05, 0.1) is 6.54 Å². The van der Waals surface area contributed by atoms with E-state index < -0.39 is 0 Å². The average molecular weight is 520 g/mol. The second-order valence-electron chi connectivity index (χ2n) is 8.02. The van der Waals surface area contributed by atoms with Gasteiger partial charge in [-0.3, -0.25) is 4.99 Å². The Hall–Kier alpha value is -0.940. The molecule has 0 bridgehead atoms. The van der Waals surface area contributed by atoms with Crippen LogP contribution in [0.5, 0.6) is 0 Å². The maximum Gasteiger partial charge on any atom is 0.191 e. The van der Waals surface area contributed by atoms with Gasteiger partial charge in [0.25, 0.3) is 0 Å². The normalized spacial score (nSPS) is 20.8. The van der Waals surface area contributed by atoms with Gasteiger partial charge >= 0.3 is 0 Å². The van der Waals surface area contributed by atoms with E-state index in [9.17, 15) is 0 Å². The van der Waals surface area contributed by atoms with Crippen molar-refractivity contribution in [1.29, 1.82) is 0 Å². The highest BCUT2D eigenvalue weighted by molar-refractivity contribution is 14.0. The second-order valence-corrected chi connectivity index (χ2v) is 8.02. The van der Waals surface area contributed by atoms with E-state index in [1.54, 1.807) is 7.11 Å². The quantitative estimate of drug-likeness (QED) is 0.225. The lowest BCUT2D eigenvalue weighted by molar-refractivity contribution is 0.105. The smallest absolute Gasteiger partial charge is 0.191 e. The number of aromatic nitrogens is 3. The summed E-state index contributed by atoms with van der Waals surface area (Å²) >= 11 is 0. The monoisotopic (exact) mass is 520 g/mol. The van der Waals surface area contributed by atoms with Crippen LogP contribution in [0.4, 0.5) is 0 Å². The summed E-state index contributed by atoms with van der Waals surface area (Å²) in [5.74, 6) is 2.69. The Balaban J connectivity index is 0.00000300. The van der Waals surface area contributed by atoms with Gasteiger partial charge in [-0.05, 0) is 38.0 Å². The first-order valence-corrected chi connectivity index (χ1v) is 10.6. The Morgan fingerprint density at radius 3 is 2.83 bits per heavy atom. The largest absolute Gasteiger partial charge is 0.382 e. The fraction of sp³-hybridized carbons (Fsp3) is 0.850. The Labute approximate surface area is 191 Å². The standard InChI is InChI=1S/C20H36N6O2.HI/c1-4-28-12-11-20(9-5-6-10-20)15-22-19(21-2)23-16-7-8-18-24-17(14-27-3)25-26(18)13-16;/h16H,4-15H2,1-3H3,(H2,21,22,23);1H. The molecule has 1 aliphatic heterocycles. The minimum atomic E-state index is 0. The summed E-state index contributed by atoms with van der Waals surface area (Å²) < 4.78 is 12.8. The molecule has 9 heteroatoms. The van der Waals surface area contributed by atoms with Crippen LogP contribution in [0.2, 0.25) is 0 Å². The van der Waals surface area contributed by atoms with E-state index in [2.05, 4.69) is 32.6 Å². The van der Waals surface area contributed by atoms with Crippen LogP contribution < -0.4 is 10.6 Å². The summed E-state index contributed by atoms with van der Waals surface area (Å²) in [4.78, 5) is 9.01. The molecule has 8 nitrogen and oxygen atoms in total. The molecule has 1 aliphatic carbocycles. The molecular weight excluding hydrogens is 483 g/mol. The Morgan fingerprint density at radius 2 is 2.14 bits per heavy atom. The number of fused-ring (bicyclic) bond motifs is 1. The lowest BCUT2D eigenvalue weighted by Crippen LogP contribution is -2.49. The number of aryl methyl sites for hydroxylation is 1. The Kier molecular flexibility index (Phi) is 10.1. The van der Waals surface area contributed by atoms with Crippen molar-refractivity contribution in [3.63, 3.8) is 0 Å². The van der Waals surface area contributed by atoms with Crippen LogP contribution in [0.25, 0.3) is 0 Å². The van der Waals surface area contributed by atoms with Gasteiger partial charge < -0.3 is 20.1 Å². The molecule has 1 unspecified atom stereocenters. The molecule has 1 aromatic rings. The molecular formula is C20H37IN6O2. The predicted molar refractivity (Wildman–Crippen MR) is 125 cm³/mol. The van der Waals surface area contributed by atoms with Crippen LogP contribution in [0.1, 0.15) is 57.1 Å². The van der Waals surface area contributed by atoms with Gasteiger partial charge in [0.2, 0.25) is 0 Å². The van der Waals surface area contributed by atoms with Crippen molar-refractivity contribution < 1.29 is 9.47 Å². The lowest BCUT2D eigenvalue weighted by Gasteiger charge is -2.31. The van der Waals surface area contributed by atoms with Gasteiger partial charge in [0.1, 0.15) is 12.4 Å². The van der Waals surface area contributed by atoms with Crippen LogP contribution >= 0.6 is 24.0 Å². The molecule has 1 saturated carbocycles. The minimum Gasteiger partial charge on any atom is -0.382 e. The fourth-order valence-electron chi connectivity index (χ4n) is 4.40. The SMILES string of the molecule is CCOCCC1(CNC(=NC)NC2CCc3nc(COC)nn3C2)CCCC1.I. The molecule has 2 heterocycles. The van der Waals surface area contributed by atoms with Gasteiger partial charge in [-0.2, -0.15) is 5.10 Å². The molecule has 1 fully saturated rings. The number of methoxy groups -OCH3 is 1. The fourth-order valence-corrected chi connectivity index (χ4v) is 4.40. The summed E-state index contributed by atoms with van der Waals surface area (Å²) in [5.41, 5.74) is 0.341. The van der Waals surface area contributed by atoms with Gasteiger partial charge in [0, 0.05) is 46.4 Å². The first-order chi connectivity index (χ1) is 13.7. The highest BCUT2D eigenvalue weighted by atomic mass is 127. The number of rotatable bonds is 9. The third kappa shape index (κ3) is 6.78. The number of aliphatic imine (C=N–C) groups is 1. The van der Waals surface area contributed by atoms with Crippen LogP contribution in [-0.2, 0) is 29.0 Å². The molecule has 0 spiro atoms. The molecule has 0 amide bonds. The highest BCUT2D eigenvalue weighted by Crippen LogP contribution is 2.40. The van der Waals surface area contributed by atoms with Crippen molar-refractivity contribution in [2.75, 3.05) is 33.9 Å². The number of nitrogens with zero attached hydrogens (tertiary/aromatic N) is 4. The number of hydrogen-bond donors (Lipinski definition) is 2. The van der Waals surface area contributed by atoms with E-state index in [0.29, 0.717) is 18.1 Å². The molecule has 0 saturated heterocycles. The zero-order valence-corrected chi connectivity index (χ0v) is 20.4. The van der Waals surface area contributed by atoms with Crippen molar-refractivity contribution in [3.05, 3.63) is 11.6 Å². The third-order valence-electron chi connectivity index (χ3n) is 6.02. The molecule has 2 aliphatic rings. The number of nitrogens with one attached hydrogen (secondary N) is 2. The minimum absolute atomic E-state index is 0. The van der Waals surface area contributed by atoms with E-state index >= 15 is 0 Å². The zero-order chi connectivity index (χ0) is 19.8. The van der Waals surface area contributed by atoms with Crippen LogP contribution in [0.3, 0.4) is 0 Å². The van der Waals surface area contributed by atoms with Gasteiger partial charge in [-0.1, -0.05) is 12.8 Å². The zero-order valence-electron chi connectivity index (χ0n) is 18.1. The number of halogens is 1. The van der Waals surface area contributed by atoms with Gasteiger partial charge in [0.15, 0.2) is 11.8 Å². The molecule has 1 atom stereocenters. The summed E-state index contributed by atoms with van der Waals surface area (Å²) in [7, 11) is 3.52. The van der Waals surface area contributed by atoms with E-state index in [4.69, 9.17) is 9.47 Å². The Bertz CT molecular complexity index is 645. The molecule has 1 aromatic heterocycles. The van der Waals surface area contributed by atoms with Crippen molar-refractivity contribution in [3.8, 4) is 0 Å². The number of ether oxygens (including phenoxy) is 2. The van der Waals surface area contributed by atoms with E-state index in [1.807, 2.05) is 11.7 Å². The van der Waals surface area contributed by atoms with Crippen LogP contribution in [-0.4, -0.2) is 60.7 Å². The highest BCUT2D eigenvalue weighted by Gasteiger charge is 2.33. The average Bonchev–Trinajstić information content (AvgIpc) is 3.32. The van der Waals surface area contributed by atoms with Crippen LogP contribution in [0, 0.1) is 5.41 Å². The van der Waals surface area contributed by atoms with E-state index in [0.717, 1.165) is 63.2 Å². The summed E-state index contributed by atoms with van der Waals surface area (Å²) in [6, 6.07) is 0.304. The van der Waals surface area contributed by atoms with E-state index in [-0.39, 0.29) is 24.0 Å². The summed E-state index contributed by atoms with van der Waals surface area (Å²) in [5, 5.41) is 11.7. The molecule has 0 radical (unpaired) electrons. The maximum atomic E-state index is 5.63.